The standard InChI is InChI=1S/C19H21N3O3S2/c1-4-22(5-2)27(24,25)17-12-14(11-10-13(17)3)18(23)21-19-20-15-8-6-7-9-16(15)26-19/h6-12H,4-5H2,1-3H3,(H,20,21,23). The minimum atomic E-state index is -3.64. The lowest BCUT2D eigenvalue weighted by Gasteiger charge is -2.20. The first kappa shape index (κ1) is 19.5. The largest absolute Gasteiger partial charge is 0.298 e. The average Bonchev–Trinajstić information content (AvgIpc) is 3.04. The van der Waals surface area contributed by atoms with Crippen LogP contribution in [0.25, 0.3) is 10.2 Å². The molecule has 3 rings (SSSR count). The molecular weight excluding hydrogens is 382 g/mol. The number of anilines is 1. The molecule has 0 saturated carbocycles. The summed E-state index contributed by atoms with van der Waals surface area (Å²) >= 11 is 1.38. The summed E-state index contributed by atoms with van der Waals surface area (Å²) in [4.78, 5) is 17.2. The number of amides is 1. The van der Waals surface area contributed by atoms with Gasteiger partial charge in [0.25, 0.3) is 5.91 Å². The van der Waals surface area contributed by atoms with Crippen LogP contribution in [0.15, 0.2) is 47.4 Å². The summed E-state index contributed by atoms with van der Waals surface area (Å²) in [5, 5.41) is 3.24. The molecule has 8 heteroatoms. The molecular formula is C19H21N3O3S2. The van der Waals surface area contributed by atoms with Gasteiger partial charge in [-0.1, -0.05) is 43.4 Å². The highest BCUT2D eigenvalue weighted by Crippen LogP contribution is 2.26. The molecule has 0 aliphatic rings. The number of rotatable bonds is 6. The van der Waals surface area contributed by atoms with Crippen molar-refractivity contribution in [3.05, 3.63) is 53.6 Å². The van der Waals surface area contributed by atoms with E-state index in [0.29, 0.717) is 23.8 Å². The summed E-state index contributed by atoms with van der Waals surface area (Å²) in [5.41, 5.74) is 1.70. The summed E-state index contributed by atoms with van der Waals surface area (Å²) < 4.78 is 28.1. The molecule has 2 aromatic carbocycles. The Morgan fingerprint density at radius 2 is 1.85 bits per heavy atom. The molecule has 1 amide bonds. The van der Waals surface area contributed by atoms with E-state index in [-0.39, 0.29) is 16.4 Å². The van der Waals surface area contributed by atoms with Gasteiger partial charge in [0.15, 0.2) is 5.13 Å². The molecule has 27 heavy (non-hydrogen) atoms. The number of carbonyl (C=O) groups excluding carboxylic acids is 1. The minimum absolute atomic E-state index is 0.156. The van der Waals surface area contributed by atoms with E-state index in [1.54, 1.807) is 32.9 Å². The molecule has 0 fully saturated rings. The zero-order chi connectivity index (χ0) is 19.6. The van der Waals surface area contributed by atoms with Gasteiger partial charge in [0.1, 0.15) is 0 Å². The normalized spacial score (nSPS) is 11.9. The van der Waals surface area contributed by atoms with Crippen molar-refractivity contribution in [1.29, 1.82) is 0 Å². The van der Waals surface area contributed by atoms with E-state index < -0.39 is 10.0 Å². The summed E-state index contributed by atoms with van der Waals surface area (Å²) in [6.45, 7) is 6.06. The number of hydrogen-bond acceptors (Lipinski definition) is 5. The molecule has 1 N–H and O–H groups in total. The molecule has 142 valence electrons. The molecule has 0 bridgehead atoms. The van der Waals surface area contributed by atoms with Gasteiger partial charge in [-0.2, -0.15) is 4.31 Å². The van der Waals surface area contributed by atoms with Crippen LogP contribution >= 0.6 is 11.3 Å². The number of nitrogens with one attached hydrogen (secondary N) is 1. The smallest absolute Gasteiger partial charge is 0.257 e. The second-order valence-electron chi connectivity index (χ2n) is 6.01. The number of carbonyl (C=O) groups is 1. The van der Waals surface area contributed by atoms with E-state index in [9.17, 15) is 13.2 Å². The van der Waals surface area contributed by atoms with Crippen molar-refractivity contribution in [3.63, 3.8) is 0 Å². The highest BCUT2D eigenvalue weighted by Gasteiger charge is 2.24. The molecule has 0 spiro atoms. The zero-order valence-electron chi connectivity index (χ0n) is 15.4. The van der Waals surface area contributed by atoms with Crippen LogP contribution in [0.4, 0.5) is 5.13 Å². The summed E-state index contributed by atoms with van der Waals surface area (Å²) in [5.74, 6) is -0.384. The van der Waals surface area contributed by atoms with Crippen molar-refractivity contribution >= 4 is 42.6 Å². The van der Waals surface area contributed by atoms with E-state index in [1.807, 2.05) is 24.3 Å². The van der Waals surface area contributed by atoms with Crippen molar-refractivity contribution in [2.45, 2.75) is 25.7 Å². The van der Waals surface area contributed by atoms with Gasteiger partial charge in [0, 0.05) is 18.7 Å². The Bertz CT molecular complexity index is 1050. The summed E-state index contributed by atoms with van der Waals surface area (Å²) in [6.07, 6.45) is 0. The van der Waals surface area contributed by atoms with Gasteiger partial charge in [-0.25, -0.2) is 13.4 Å². The third-order valence-corrected chi connectivity index (χ3v) is 7.43. The monoisotopic (exact) mass is 403 g/mol. The molecule has 0 unspecified atom stereocenters. The van der Waals surface area contributed by atoms with Gasteiger partial charge in [-0.3, -0.25) is 10.1 Å². The lowest BCUT2D eigenvalue weighted by molar-refractivity contribution is 0.102. The van der Waals surface area contributed by atoms with Crippen molar-refractivity contribution < 1.29 is 13.2 Å². The Balaban J connectivity index is 1.91. The van der Waals surface area contributed by atoms with Gasteiger partial charge in [0.05, 0.1) is 15.1 Å². The van der Waals surface area contributed by atoms with Crippen molar-refractivity contribution in [2.75, 3.05) is 18.4 Å². The van der Waals surface area contributed by atoms with Crippen LogP contribution in [0.5, 0.6) is 0 Å². The van der Waals surface area contributed by atoms with Gasteiger partial charge in [-0.15, -0.1) is 0 Å². The van der Waals surface area contributed by atoms with E-state index in [4.69, 9.17) is 0 Å². The number of thiazole rings is 1. The number of aromatic nitrogens is 1. The Labute approximate surface area is 162 Å². The first-order valence-corrected chi connectivity index (χ1v) is 10.9. The fourth-order valence-corrected chi connectivity index (χ4v) is 5.39. The maximum absolute atomic E-state index is 12.8. The number of para-hydroxylation sites is 1. The fourth-order valence-electron chi connectivity index (χ4n) is 2.82. The van der Waals surface area contributed by atoms with E-state index in [2.05, 4.69) is 10.3 Å². The molecule has 0 aliphatic heterocycles. The highest BCUT2D eigenvalue weighted by molar-refractivity contribution is 7.89. The van der Waals surface area contributed by atoms with Crippen LogP contribution in [0.2, 0.25) is 0 Å². The number of hydrogen-bond donors (Lipinski definition) is 1. The van der Waals surface area contributed by atoms with Crippen LogP contribution in [0.1, 0.15) is 29.8 Å². The fraction of sp³-hybridized carbons (Fsp3) is 0.263. The average molecular weight is 404 g/mol. The Hall–Kier alpha value is -2.29. The molecule has 3 aromatic rings. The highest BCUT2D eigenvalue weighted by atomic mass is 32.2. The Morgan fingerprint density at radius 1 is 1.15 bits per heavy atom. The molecule has 0 aliphatic carbocycles. The minimum Gasteiger partial charge on any atom is -0.298 e. The first-order chi connectivity index (χ1) is 12.9. The molecule has 6 nitrogen and oxygen atoms in total. The SMILES string of the molecule is CCN(CC)S(=O)(=O)c1cc(C(=O)Nc2nc3ccccc3s2)ccc1C. The summed E-state index contributed by atoms with van der Waals surface area (Å²) in [7, 11) is -3.64. The van der Waals surface area contributed by atoms with Crippen LogP contribution in [0, 0.1) is 6.92 Å². The molecule has 0 radical (unpaired) electrons. The zero-order valence-corrected chi connectivity index (χ0v) is 17.0. The van der Waals surface area contributed by atoms with Crippen molar-refractivity contribution in [2.24, 2.45) is 0 Å². The second kappa shape index (κ2) is 7.75. The van der Waals surface area contributed by atoms with Crippen LogP contribution < -0.4 is 5.32 Å². The summed E-state index contributed by atoms with van der Waals surface area (Å²) in [6, 6.07) is 12.3. The lowest BCUT2D eigenvalue weighted by atomic mass is 10.1. The predicted molar refractivity (Wildman–Crippen MR) is 109 cm³/mol. The van der Waals surface area contributed by atoms with Gasteiger partial charge >= 0.3 is 0 Å². The number of benzene rings is 2. The van der Waals surface area contributed by atoms with E-state index in [1.165, 1.54) is 21.7 Å². The molecule has 1 heterocycles. The van der Waals surface area contributed by atoms with E-state index in [0.717, 1.165) is 10.2 Å². The topological polar surface area (TPSA) is 79.4 Å². The van der Waals surface area contributed by atoms with Crippen LogP contribution in [0.3, 0.4) is 0 Å². The van der Waals surface area contributed by atoms with Gasteiger partial charge < -0.3 is 0 Å². The maximum Gasteiger partial charge on any atom is 0.257 e. The third-order valence-electron chi connectivity index (χ3n) is 4.29. The van der Waals surface area contributed by atoms with E-state index >= 15 is 0 Å². The number of fused-ring (bicyclic) bond motifs is 1. The van der Waals surface area contributed by atoms with Gasteiger partial charge in [-0.05, 0) is 36.8 Å². The Kier molecular flexibility index (Phi) is 5.59. The Morgan fingerprint density at radius 3 is 2.52 bits per heavy atom. The number of aryl methyl sites for hydroxylation is 1. The maximum atomic E-state index is 12.8. The lowest BCUT2D eigenvalue weighted by Crippen LogP contribution is -2.31. The van der Waals surface area contributed by atoms with Crippen molar-refractivity contribution in [3.8, 4) is 0 Å². The quantitative estimate of drug-likeness (QED) is 0.677. The predicted octanol–water partition coefficient (Wildman–Crippen LogP) is 3.89. The van der Waals surface area contributed by atoms with Crippen molar-refractivity contribution in [1.82, 2.24) is 9.29 Å². The number of sulfonamides is 1. The molecule has 1 aromatic heterocycles. The molecule has 0 saturated heterocycles. The molecule has 0 atom stereocenters. The van der Waals surface area contributed by atoms with Gasteiger partial charge in [0.2, 0.25) is 10.0 Å². The van der Waals surface area contributed by atoms with Crippen LogP contribution in [-0.2, 0) is 10.0 Å². The first-order valence-electron chi connectivity index (χ1n) is 8.64. The number of nitrogens with zero attached hydrogens (tertiary/aromatic N) is 2. The third kappa shape index (κ3) is 3.87. The second-order valence-corrected chi connectivity index (χ2v) is 8.95. The van der Waals surface area contributed by atoms with Crippen LogP contribution in [-0.4, -0.2) is 36.7 Å².